The molecule has 0 unspecified atom stereocenters. The van der Waals surface area contributed by atoms with E-state index in [4.69, 9.17) is 27.3 Å². The highest BCUT2D eigenvalue weighted by molar-refractivity contribution is 5.90. The Morgan fingerprint density at radius 1 is 1.13 bits per heavy atom. The number of ether oxygens (including phenoxy) is 1. The zero-order chi connectivity index (χ0) is 17.2. The summed E-state index contributed by atoms with van der Waals surface area (Å²) in [5, 5.41) is 9.57. The van der Waals surface area contributed by atoms with E-state index in [9.17, 15) is 9.59 Å². The van der Waals surface area contributed by atoms with Gasteiger partial charge in [0.1, 0.15) is 12.1 Å². The van der Waals surface area contributed by atoms with Crippen LogP contribution in [-0.2, 0) is 20.7 Å². The van der Waals surface area contributed by atoms with Crippen LogP contribution in [-0.4, -0.2) is 36.5 Å². The van der Waals surface area contributed by atoms with Crippen molar-refractivity contribution in [1.29, 1.82) is 5.41 Å². The van der Waals surface area contributed by atoms with Crippen molar-refractivity contribution in [1.82, 2.24) is 5.32 Å². The van der Waals surface area contributed by atoms with Crippen LogP contribution in [0.3, 0.4) is 0 Å². The number of hydrogen-bond donors (Lipinski definition) is 5. The van der Waals surface area contributed by atoms with E-state index in [0.29, 0.717) is 19.4 Å². The Labute approximate surface area is 134 Å². The molecule has 0 aliphatic heterocycles. The second-order valence-corrected chi connectivity index (χ2v) is 5.13. The first-order chi connectivity index (χ1) is 10.9. The fourth-order valence-electron chi connectivity index (χ4n) is 1.86. The maximum absolute atomic E-state index is 11.8. The Morgan fingerprint density at radius 2 is 1.74 bits per heavy atom. The van der Waals surface area contributed by atoms with Gasteiger partial charge in [0.2, 0.25) is 0 Å². The van der Waals surface area contributed by atoms with Gasteiger partial charge in [0, 0.05) is 6.54 Å². The quantitative estimate of drug-likeness (QED) is 0.138. The first-order valence-electron chi connectivity index (χ1n) is 7.28. The van der Waals surface area contributed by atoms with Crippen LogP contribution in [0.1, 0.15) is 18.4 Å². The summed E-state index contributed by atoms with van der Waals surface area (Å²) in [6, 6.07) is 7.36. The highest BCUT2D eigenvalue weighted by Gasteiger charge is 2.23. The summed E-state index contributed by atoms with van der Waals surface area (Å²) < 4.78 is 4.71. The lowest BCUT2D eigenvalue weighted by Gasteiger charge is -2.14. The minimum absolute atomic E-state index is 0.150. The van der Waals surface area contributed by atoms with Crippen LogP contribution in [0, 0.1) is 5.41 Å². The predicted molar refractivity (Wildman–Crippen MR) is 86.3 cm³/mol. The van der Waals surface area contributed by atoms with Crippen molar-refractivity contribution in [2.24, 2.45) is 17.2 Å². The van der Waals surface area contributed by atoms with Gasteiger partial charge in [-0.15, -0.1) is 0 Å². The van der Waals surface area contributed by atoms with E-state index in [1.54, 1.807) is 0 Å². The van der Waals surface area contributed by atoms with E-state index in [2.05, 4.69) is 5.32 Å². The summed E-state index contributed by atoms with van der Waals surface area (Å²) >= 11 is 0. The van der Waals surface area contributed by atoms with Crippen LogP contribution >= 0.6 is 0 Å². The molecule has 8 N–H and O–H groups in total. The molecule has 0 spiro atoms. The van der Waals surface area contributed by atoms with Gasteiger partial charge in [-0.05, 0) is 24.8 Å². The molecule has 126 valence electrons. The van der Waals surface area contributed by atoms with Gasteiger partial charge in [0.15, 0.2) is 5.96 Å². The fourth-order valence-corrected chi connectivity index (χ4v) is 1.86. The molecule has 0 amide bonds. The number of benzene rings is 1. The highest BCUT2D eigenvalue weighted by atomic mass is 16.6. The molecule has 1 rings (SSSR count). The lowest BCUT2D eigenvalue weighted by molar-refractivity contribution is -0.161. The van der Waals surface area contributed by atoms with Gasteiger partial charge in [-0.25, -0.2) is 9.59 Å². The molecule has 8 heteroatoms. The zero-order valence-corrected chi connectivity index (χ0v) is 12.8. The molecule has 0 bridgehead atoms. The molecule has 0 saturated carbocycles. The molecule has 0 aromatic heterocycles. The summed E-state index contributed by atoms with van der Waals surface area (Å²) in [7, 11) is 0. The number of guanidine groups is 1. The number of hydrogen-bond acceptors (Lipinski definition) is 6. The number of rotatable bonds is 8. The van der Waals surface area contributed by atoms with E-state index in [0.717, 1.165) is 5.56 Å². The van der Waals surface area contributed by atoms with Crippen LogP contribution in [0.25, 0.3) is 0 Å². The molecule has 0 aliphatic rings. The maximum Gasteiger partial charge on any atom is 0.330 e. The predicted octanol–water partition coefficient (Wildman–Crippen LogP) is -0.783. The third kappa shape index (κ3) is 7.39. The Hall–Kier alpha value is -2.45. The molecule has 2 atom stereocenters. The first-order valence-corrected chi connectivity index (χ1v) is 7.28. The van der Waals surface area contributed by atoms with Gasteiger partial charge in [0.05, 0.1) is 0 Å². The zero-order valence-electron chi connectivity index (χ0n) is 12.8. The topological polar surface area (TPSA) is 157 Å². The third-order valence-corrected chi connectivity index (χ3v) is 3.11. The van der Waals surface area contributed by atoms with Gasteiger partial charge in [-0.1, -0.05) is 30.3 Å². The Balaban J connectivity index is 2.34. The van der Waals surface area contributed by atoms with Crippen LogP contribution in [0.2, 0.25) is 0 Å². The van der Waals surface area contributed by atoms with Crippen molar-refractivity contribution in [2.45, 2.75) is 31.3 Å². The maximum atomic E-state index is 11.8. The second-order valence-electron chi connectivity index (χ2n) is 5.13. The summed E-state index contributed by atoms with van der Waals surface area (Å²) in [6.07, 6.45) is 1.10. The van der Waals surface area contributed by atoms with Gasteiger partial charge < -0.3 is 27.3 Å². The minimum atomic E-state index is -0.923. The van der Waals surface area contributed by atoms with Crippen LogP contribution in [0.5, 0.6) is 0 Å². The van der Waals surface area contributed by atoms with Crippen molar-refractivity contribution in [2.75, 3.05) is 6.54 Å². The fraction of sp³-hybridized carbons (Fsp3) is 0.400. The average molecular weight is 321 g/mol. The molecule has 0 saturated heterocycles. The van der Waals surface area contributed by atoms with Crippen molar-refractivity contribution < 1.29 is 14.3 Å². The van der Waals surface area contributed by atoms with Gasteiger partial charge in [0.25, 0.3) is 0 Å². The SMILES string of the molecule is N=C(N)NCCC[C@@H](N)C(=O)OC(=O)[C@H](N)Cc1ccccc1. The van der Waals surface area contributed by atoms with Gasteiger partial charge >= 0.3 is 11.9 Å². The van der Waals surface area contributed by atoms with Gasteiger partial charge in [-0.2, -0.15) is 0 Å². The summed E-state index contributed by atoms with van der Waals surface area (Å²) in [6.45, 7) is 0.414. The van der Waals surface area contributed by atoms with Crippen molar-refractivity contribution in [3.05, 3.63) is 35.9 Å². The number of nitrogens with two attached hydrogens (primary N) is 3. The molecule has 0 aliphatic carbocycles. The normalized spacial score (nSPS) is 13.0. The molecule has 8 nitrogen and oxygen atoms in total. The lowest BCUT2D eigenvalue weighted by atomic mass is 10.1. The molecule has 1 aromatic carbocycles. The standard InChI is InChI=1S/C15H23N5O3/c16-11(7-4-8-20-15(18)19)13(21)23-14(22)12(17)9-10-5-2-1-3-6-10/h1-3,5-6,11-12H,4,7-9,16-17H2,(H4,18,19,20)/t11-,12-/m1/s1. The van der Waals surface area contributed by atoms with Crippen molar-refractivity contribution in [3.63, 3.8) is 0 Å². The summed E-state index contributed by atoms with van der Waals surface area (Å²) in [4.78, 5) is 23.5. The Morgan fingerprint density at radius 3 is 2.35 bits per heavy atom. The van der Waals surface area contributed by atoms with E-state index in [-0.39, 0.29) is 12.4 Å². The van der Waals surface area contributed by atoms with Crippen LogP contribution in [0.4, 0.5) is 0 Å². The van der Waals surface area contributed by atoms with Crippen molar-refractivity contribution in [3.8, 4) is 0 Å². The van der Waals surface area contributed by atoms with Crippen molar-refractivity contribution >= 4 is 17.9 Å². The largest absolute Gasteiger partial charge is 0.391 e. The monoisotopic (exact) mass is 321 g/mol. The second kappa shape index (κ2) is 9.54. The Bertz CT molecular complexity index is 535. The molecule has 0 fully saturated rings. The molecule has 1 aromatic rings. The number of esters is 2. The molecular formula is C15H23N5O3. The highest BCUT2D eigenvalue weighted by Crippen LogP contribution is 2.04. The van der Waals surface area contributed by atoms with Gasteiger partial charge in [-0.3, -0.25) is 5.41 Å². The van der Waals surface area contributed by atoms with Crippen LogP contribution < -0.4 is 22.5 Å². The van der Waals surface area contributed by atoms with Crippen LogP contribution in [0.15, 0.2) is 30.3 Å². The lowest BCUT2D eigenvalue weighted by Crippen LogP contribution is -2.41. The average Bonchev–Trinajstić information content (AvgIpc) is 2.51. The molecule has 0 heterocycles. The van der Waals surface area contributed by atoms with E-state index in [1.807, 2.05) is 30.3 Å². The molecular weight excluding hydrogens is 298 g/mol. The van der Waals surface area contributed by atoms with E-state index >= 15 is 0 Å². The summed E-state index contributed by atoms with van der Waals surface area (Å²) in [5.41, 5.74) is 17.4. The minimum Gasteiger partial charge on any atom is -0.391 e. The summed E-state index contributed by atoms with van der Waals surface area (Å²) in [5.74, 6) is -1.75. The third-order valence-electron chi connectivity index (χ3n) is 3.11. The number of nitrogens with one attached hydrogen (secondary N) is 2. The van der Waals surface area contributed by atoms with E-state index < -0.39 is 24.0 Å². The first kappa shape index (κ1) is 18.6. The van der Waals surface area contributed by atoms with E-state index in [1.165, 1.54) is 0 Å². The molecule has 23 heavy (non-hydrogen) atoms. The molecule has 0 radical (unpaired) electrons. The Kier molecular flexibility index (Phi) is 7.72. The number of carbonyl (C=O) groups excluding carboxylic acids is 2. The smallest absolute Gasteiger partial charge is 0.330 e. The number of carbonyl (C=O) groups is 2.